The molecule has 0 spiro atoms. The molecule has 0 radical (unpaired) electrons. The molecule has 0 saturated heterocycles. The third-order valence-electron chi connectivity index (χ3n) is 2.84. The van der Waals surface area contributed by atoms with E-state index in [1.807, 2.05) is 25.2 Å². The van der Waals surface area contributed by atoms with Gasteiger partial charge in [0.2, 0.25) is 5.91 Å². The number of hydrogen-bond donors (Lipinski definition) is 1. The quantitative estimate of drug-likeness (QED) is 0.816. The largest absolute Gasteiger partial charge is 0.344 e. The van der Waals surface area contributed by atoms with Gasteiger partial charge in [0.15, 0.2) is 0 Å². The maximum atomic E-state index is 11.9. The molecule has 3 nitrogen and oxygen atoms in total. The fourth-order valence-electron chi connectivity index (χ4n) is 1.82. The van der Waals surface area contributed by atoms with E-state index in [0.29, 0.717) is 6.42 Å². The number of benzene rings is 1. The lowest BCUT2D eigenvalue weighted by molar-refractivity contribution is -0.131. The first-order chi connectivity index (χ1) is 8.15. The van der Waals surface area contributed by atoms with Crippen LogP contribution in [0.3, 0.4) is 0 Å². The van der Waals surface area contributed by atoms with E-state index in [4.69, 9.17) is 5.73 Å². The Labute approximate surface area is 104 Å². The van der Waals surface area contributed by atoms with E-state index in [1.54, 1.807) is 4.90 Å². The zero-order valence-corrected chi connectivity index (χ0v) is 10.7. The summed E-state index contributed by atoms with van der Waals surface area (Å²) in [5.41, 5.74) is 7.14. The fraction of sp³-hybridized carbons (Fsp3) is 0.500. The number of hydrogen-bond acceptors (Lipinski definition) is 2. The molecular weight excluding hydrogens is 212 g/mol. The van der Waals surface area contributed by atoms with Gasteiger partial charge < -0.3 is 10.6 Å². The van der Waals surface area contributed by atoms with Crippen LogP contribution in [0.1, 0.15) is 25.3 Å². The Kier molecular flexibility index (Phi) is 5.70. The first kappa shape index (κ1) is 13.7. The van der Waals surface area contributed by atoms with Crippen LogP contribution in [0.5, 0.6) is 0 Å². The highest BCUT2D eigenvalue weighted by molar-refractivity contribution is 5.81. The molecule has 0 saturated carbocycles. The number of carbonyl (C=O) groups excluding carboxylic acids is 1. The Morgan fingerprint density at radius 1 is 1.35 bits per heavy atom. The highest BCUT2D eigenvalue weighted by atomic mass is 16.2. The Morgan fingerprint density at radius 3 is 2.59 bits per heavy atom. The van der Waals surface area contributed by atoms with E-state index < -0.39 is 0 Å². The van der Waals surface area contributed by atoms with Crippen molar-refractivity contribution < 1.29 is 4.79 Å². The Morgan fingerprint density at radius 2 is 2.00 bits per heavy atom. The summed E-state index contributed by atoms with van der Waals surface area (Å²) in [5.74, 6) is 0.0442. The van der Waals surface area contributed by atoms with Crippen molar-refractivity contribution in [2.24, 2.45) is 5.73 Å². The average Bonchev–Trinajstić information content (AvgIpc) is 2.36. The Hall–Kier alpha value is -1.35. The monoisotopic (exact) mass is 234 g/mol. The van der Waals surface area contributed by atoms with Crippen LogP contribution in [0.2, 0.25) is 0 Å². The molecule has 0 bridgehead atoms. The zero-order chi connectivity index (χ0) is 12.7. The molecule has 94 valence electrons. The second kappa shape index (κ2) is 7.07. The summed E-state index contributed by atoms with van der Waals surface area (Å²) in [4.78, 5) is 13.6. The molecule has 17 heavy (non-hydrogen) atoms. The Balaban J connectivity index is 2.39. The minimum atomic E-state index is -0.383. The normalized spacial score (nSPS) is 12.2. The summed E-state index contributed by atoms with van der Waals surface area (Å²) in [5, 5.41) is 0. The van der Waals surface area contributed by atoms with Crippen molar-refractivity contribution in [2.45, 2.75) is 32.2 Å². The van der Waals surface area contributed by atoms with Crippen LogP contribution < -0.4 is 5.73 Å². The first-order valence-corrected chi connectivity index (χ1v) is 6.19. The van der Waals surface area contributed by atoms with Crippen LogP contribution in [-0.2, 0) is 11.2 Å². The van der Waals surface area contributed by atoms with Crippen molar-refractivity contribution >= 4 is 5.91 Å². The van der Waals surface area contributed by atoms with Crippen molar-refractivity contribution in [3.8, 4) is 0 Å². The molecule has 1 rings (SSSR count). The standard InChI is InChI=1S/C14H22N2O/c1-3-11-16(2)14(17)13(15)10-9-12-7-5-4-6-8-12/h4-8,13H,3,9-11,15H2,1-2H3. The molecule has 2 N–H and O–H groups in total. The van der Waals surface area contributed by atoms with Crippen molar-refractivity contribution in [1.29, 1.82) is 0 Å². The molecular formula is C14H22N2O. The SMILES string of the molecule is CCCN(C)C(=O)C(N)CCc1ccccc1. The molecule has 0 aliphatic carbocycles. The molecule has 0 aliphatic heterocycles. The topological polar surface area (TPSA) is 46.3 Å². The van der Waals surface area contributed by atoms with Gasteiger partial charge in [0.25, 0.3) is 0 Å². The lowest BCUT2D eigenvalue weighted by Crippen LogP contribution is -2.42. The minimum Gasteiger partial charge on any atom is -0.344 e. The molecule has 1 aromatic carbocycles. The number of likely N-dealkylation sites (N-methyl/N-ethyl adjacent to an activating group) is 1. The molecule has 1 aromatic rings. The molecule has 1 atom stereocenters. The van der Waals surface area contributed by atoms with Crippen LogP contribution in [-0.4, -0.2) is 30.4 Å². The summed E-state index contributed by atoms with van der Waals surface area (Å²) in [6, 6.07) is 9.74. The predicted octanol–water partition coefficient (Wildman–Crippen LogP) is 1.81. The molecule has 0 fully saturated rings. The maximum absolute atomic E-state index is 11.9. The van der Waals surface area contributed by atoms with Crippen molar-refractivity contribution in [3.63, 3.8) is 0 Å². The maximum Gasteiger partial charge on any atom is 0.239 e. The van der Waals surface area contributed by atoms with Crippen molar-refractivity contribution in [2.75, 3.05) is 13.6 Å². The number of amides is 1. The summed E-state index contributed by atoms with van der Waals surface area (Å²) in [6.45, 7) is 2.83. The van der Waals surface area contributed by atoms with Gasteiger partial charge in [-0.15, -0.1) is 0 Å². The van der Waals surface area contributed by atoms with E-state index in [1.165, 1.54) is 5.56 Å². The van der Waals surface area contributed by atoms with Crippen LogP contribution in [0.15, 0.2) is 30.3 Å². The minimum absolute atomic E-state index is 0.0442. The van der Waals surface area contributed by atoms with Gasteiger partial charge in [-0.25, -0.2) is 0 Å². The van der Waals surface area contributed by atoms with E-state index in [9.17, 15) is 4.79 Å². The lowest BCUT2D eigenvalue weighted by atomic mass is 10.1. The van der Waals surface area contributed by atoms with Gasteiger partial charge in [-0.05, 0) is 24.8 Å². The van der Waals surface area contributed by atoms with Gasteiger partial charge in [-0.1, -0.05) is 37.3 Å². The third-order valence-corrected chi connectivity index (χ3v) is 2.84. The number of aryl methyl sites for hydroxylation is 1. The summed E-state index contributed by atoms with van der Waals surface area (Å²) in [6.07, 6.45) is 2.53. The third kappa shape index (κ3) is 4.57. The van der Waals surface area contributed by atoms with Crippen LogP contribution in [0.25, 0.3) is 0 Å². The number of carbonyl (C=O) groups is 1. The lowest BCUT2D eigenvalue weighted by Gasteiger charge is -2.20. The predicted molar refractivity (Wildman–Crippen MR) is 70.7 cm³/mol. The molecule has 1 unspecified atom stereocenters. The average molecular weight is 234 g/mol. The highest BCUT2D eigenvalue weighted by Crippen LogP contribution is 2.05. The van der Waals surface area contributed by atoms with Crippen molar-refractivity contribution in [3.05, 3.63) is 35.9 Å². The second-order valence-electron chi connectivity index (χ2n) is 4.39. The number of nitrogens with zero attached hydrogens (tertiary/aromatic N) is 1. The summed E-state index contributed by atoms with van der Waals surface area (Å²) in [7, 11) is 1.81. The zero-order valence-electron chi connectivity index (χ0n) is 10.7. The van der Waals surface area contributed by atoms with Gasteiger partial charge in [0.1, 0.15) is 0 Å². The van der Waals surface area contributed by atoms with E-state index in [-0.39, 0.29) is 11.9 Å². The fourth-order valence-corrected chi connectivity index (χ4v) is 1.82. The van der Waals surface area contributed by atoms with Crippen LogP contribution in [0, 0.1) is 0 Å². The molecule has 0 aromatic heterocycles. The van der Waals surface area contributed by atoms with E-state index in [0.717, 1.165) is 19.4 Å². The van der Waals surface area contributed by atoms with E-state index >= 15 is 0 Å². The first-order valence-electron chi connectivity index (χ1n) is 6.19. The number of nitrogens with two attached hydrogens (primary N) is 1. The van der Waals surface area contributed by atoms with Gasteiger partial charge in [-0.3, -0.25) is 4.79 Å². The van der Waals surface area contributed by atoms with Crippen LogP contribution in [0.4, 0.5) is 0 Å². The molecule has 3 heteroatoms. The second-order valence-corrected chi connectivity index (χ2v) is 4.39. The molecule has 0 aliphatic rings. The highest BCUT2D eigenvalue weighted by Gasteiger charge is 2.16. The van der Waals surface area contributed by atoms with Crippen molar-refractivity contribution in [1.82, 2.24) is 4.90 Å². The number of rotatable bonds is 6. The Bertz CT molecular complexity index is 337. The van der Waals surface area contributed by atoms with Gasteiger partial charge in [0, 0.05) is 13.6 Å². The summed E-state index contributed by atoms with van der Waals surface area (Å²) < 4.78 is 0. The molecule has 1 amide bonds. The van der Waals surface area contributed by atoms with Gasteiger partial charge in [-0.2, -0.15) is 0 Å². The van der Waals surface area contributed by atoms with Gasteiger partial charge >= 0.3 is 0 Å². The van der Waals surface area contributed by atoms with Crippen LogP contribution >= 0.6 is 0 Å². The summed E-state index contributed by atoms with van der Waals surface area (Å²) >= 11 is 0. The van der Waals surface area contributed by atoms with Gasteiger partial charge in [0.05, 0.1) is 6.04 Å². The molecule has 0 heterocycles. The smallest absolute Gasteiger partial charge is 0.239 e. The van der Waals surface area contributed by atoms with E-state index in [2.05, 4.69) is 19.1 Å².